The molecular weight excluding hydrogens is 238 g/mol. The topological polar surface area (TPSA) is 45.1 Å². The zero-order valence-electron chi connectivity index (χ0n) is 11.2. The summed E-state index contributed by atoms with van der Waals surface area (Å²) < 4.78 is 26.2. The van der Waals surface area contributed by atoms with Gasteiger partial charge in [-0.05, 0) is 38.5 Å². The van der Waals surface area contributed by atoms with Gasteiger partial charge in [0.1, 0.15) is 5.69 Å². The van der Waals surface area contributed by atoms with Gasteiger partial charge in [0.05, 0.1) is 6.10 Å². The lowest BCUT2D eigenvalue weighted by atomic mass is 10.1. The summed E-state index contributed by atoms with van der Waals surface area (Å²) in [6, 6.07) is 2.79. The molecule has 1 aromatic rings. The van der Waals surface area contributed by atoms with Gasteiger partial charge in [-0.3, -0.25) is 4.98 Å². The number of pyridine rings is 1. The molecule has 2 N–H and O–H groups in total. The molecule has 1 aromatic heterocycles. The summed E-state index contributed by atoms with van der Waals surface area (Å²) in [5.41, 5.74) is -0.0148. The molecule has 0 spiro atoms. The second-order valence-electron chi connectivity index (χ2n) is 5.51. The van der Waals surface area contributed by atoms with Crippen LogP contribution >= 0.6 is 0 Å². The van der Waals surface area contributed by atoms with E-state index in [-0.39, 0.29) is 11.2 Å². The SMILES string of the molecule is CC(C)(C)NC[C@@H](O)c1ccnc(C(C)(F)F)c1. The van der Waals surface area contributed by atoms with Gasteiger partial charge in [0.25, 0.3) is 5.92 Å². The normalized spacial score (nSPS) is 14.6. The number of nitrogens with zero attached hydrogens (tertiary/aromatic N) is 1. The third-order valence-electron chi connectivity index (χ3n) is 2.44. The highest BCUT2D eigenvalue weighted by Gasteiger charge is 2.27. The highest BCUT2D eigenvalue weighted by Crippen LogP contribution is 2.26. The van der Waals surface area contributed by atoms with Crippen LogP contribution in [0.15, 0.2) is 18.3 Å². The standard InChI is InChI=1S/C13H20F2N2O/c1-12(2,3)17-8-10(18)9-5-6-16-11(7-9)13(4,14)15/h5-7,10,17-18H,8H2,1-4H3/t10-/m1/s1. The van der Waals surface area contributed by atoms with Crippen LogP contribution in [0.5, 0.6) is 0 Å². The van der Waals surface area contributed by atoms with Crippen LogP contribution in [0.25, 0.3) is 0 Å². The van der Waals surface area contributed by atoms with E-state index in [1.54, 1.807) is 6.07 Å². The minimum atomic E-state index is -2.99. The van der Waals surface area contributed by atoms with Gasteiger partial charge in [0, 0.05) is 25.2 Å². The van der Waals surface area contributed by atoms with E-state index in [9.17, 15) is 13.9 Å². The lowest BCUT2D eigenvalue weighted by Gasteiger charge is -2.23. The summed E-state index contributed by atoms with van der Waals surface area (Å²) in [6.07, 6.45) is 0.468. The Bertz CT molecular complexity index is 397. The molecule has 0 saturated heterocycles. The molecule has 102 valence electrons. The second-order valence-corrected chi connectivity index (χ2v) is 5.51. The fraction of sp³-hybridized carbons (Fsp3) is 0.615. The Labute approximate surface area is 106 Å². The number of aliphatic hydroxyl groups is 1. The predicted molar refractivity (Wildman–Crippen MR) is 66.5 cm³/mol. The van der Waals surface area contributed by atoms with Crippen molar-refractivity contribution in [1.82, 2.24) is 10.3 Å². The molecule has 0 aliphatic rings. The van der Waals surface area contributed by atoms with E-state index in [1.165, 1.54) is 12.3 Å². The molecule has 1 heterocycles. The van der Waals surface area contributed by atoms with Crippen molar-refractivity contribution >= 4 is 0 Å². The number of aliphatic hydroxyl groups excluding tert-OH is 1. The van der Waals surface area contributed by atoms with Crippen molar-refractivity contribution in [3.05, 3.63) is 29.6 Å². The number of rotatable bonds is 4. The van der Waals surface area contributed by atoms with E-state index in [0.717, 1.165) is 6.92 Å². The highest BCUT2D eigenvalue weighted by atomic mass is 19.3. The van der Waals surface area contributed by atoms with Crippen molar-refractivity contribution in [2.75, 3.05) is 6.54 Å². The second kappa shape index (κ2) is 5.28. The summed E-state index contributed by atoms with van der Waals surface area (Å²) in [5.74, 6) is -2.99. The average Bonchev–Trinajstić information content (AvgIpc) is 2.24. The van der Waals surface area contributed by atoms with Gasteiger partial charge in [-0.15, -0.1) is 0 Å². The Morgan fingerprint density at radius 1 is 1.33 bits per heavy atom. The summed E-state index contributed by atoms with van der Waals surface area (Å²) in [6.45, 7) is 7.01. The molecule has 0 aliphatic heterocycles. The number of alkyl halides is 2. The number of hydrogen-bond acceptors (Lipinski definition) is 3. The molecule has 0 fully saturated rings. The average molecular weight is 258 g/mol. The molecule has 0 bridgehead atoms. The van der Waals surface area contributed by atoms with Crippen LogP contribution in [-0.2, 0) is 5.92 Å². The molecule has 0 radical (unpaired) electrons. The molecule has 0 aromatic carbocycles. The molecule has 0 unspecified atom stereocenters. The molecule has 18 heavy (non-hydrogen) atoms. The molecular formula is C13H20F2N2O. The Morgan fingerprint density at radius 3 is 2.44 bits per heavy atom. The van der Waals surface area contributed by atoms with Crippen LogP contribution in [0, 0.1) is 0 Å². The minimum Gasteiger partial charge on any atom is -0.387 e. The highest BCUT2D eigenvalue weighted by molar-refractivity contribution is 5.21. The molecule has 1 rings (SSSR count). The third-order valence-corrected chi connectivity index (χ3v) is 2.44. The van der Waals surface area contributed by atoms with Crippen molar-refractivity contribution in [3.63, 3.8) is 0 Å². The van der Waals surface area contributed by atoms with Crippen LogP contribution in [-0.4, -0.2) is 22.2 Å². The van der Waals surface area contributed by atoms with E-state index in [4.69, 9.17) is 0 Å². The summed E-state index contributed by atoms with van der Waals surface area (Å²) in [7, 11) is 0. The van der Waals surface area contributed by atoms with Gasteiger partial charge in [0.15, 0.2) is 0 Å². The largest absolute Gasteiger partial charge is 0.387 e. The van der Waals surface area contributed by atoms with Crippen molar-refractivity contribution in [3.8, 4) is 0 Å². The van der Waals surface area contributed by atoms with Gasteiger partial charge in [-0.25, -0.2) is 0 Å². The van der Waals surface area contributed by atoms with Gasteiger partial charge in [-0.1, -0.05) is 0 Å². The van der Waals surface area contributed by atoms with Crippen LogP contribution in [0.4, 0.5) is 8.78 Å². The number of halogens is 2. The van der Waals surface area contributed by atoms with Crippen molar-refractivity contribution in [2.45, 2.75) is 45.3 Å². The van der Waals surface area contributed by atoms with Gasteiger partial charge >= 0.3 is 0 Å². The fourth-order valence-corrected chi connectivity index (χ4v) is 1.41. The molecule has 1 atom stereocenters. The van der Waals surface area contributed by atoms with E-state index in [2.05, 4.69) is 10.3 Å². The fourth-order valence-electron chi connectivity index (χ4n) is 1.41. The number of nitrogens with one attached hydrogen (secondary N) is 1. The molecule has 5 heteroatoms. The lowest BCUT2D eigenvalue weighted by Crippen LogP contribution is -2.38. The van der Waals surface area contributed by atoms with Crippen LogP contribution < -0.4 is 5.32 Å². The molecule has 0 saturated carbocycles. The van der Waals surface area contributed by atoms with Gasteiger partial charge in [0.2, 0.25) is 0 Å². The first-order chi connectivity index (χ1) is 8.09. The van der Waals surface area contributed by atoms with Crippen LogP contribution in [0.3, 0.4) is 0 Å². The molecule has 3 nitrogen and oxygen atoms in total. The van der Waals surface area contributed by atoms with E-state index >= 15 is 0 Å². The first kappa shape index (κ1) is 15.0. The third kappa shape index (κ3) is 4.66. The first-order valence-electron chi connectivity index (χ1n) is 5.87. The number of β-amino-alcohol motifs (C(OH)–C–C–N with tert-alkyl or cyclic N) is 1. The van der Waals surface area contributed by atoms with Gasteiger partial charge < -0.3 is 10.4 Å². The number of hydrogen-bond donors (Lipinski definition) is 2. The maximum atomic E-state index is 13.1. The van der Waals surface area contributed by atoms with Crippen molar-refractivity contribution < 1.29 is 13.9 Å². The van der Waals surface area contributed by atoms with E-state index < -0.39 is 12.0 Å². The summed E-state index contributed by atoms with van der Waals surface area (Å²) >= 11 is 0. The van der Waals surface area contributed by atoms with Crippen molar-refractivity contribution in [1.29, 1.82) is 0 Å². The zero-order valence-corrected chi connectivity index (χ0v) is 11.2. The number of aromatic nitrogens is 1. The summed E-state index contributed by atoms with van der Waals surface area (Å²) in [5, 5.41) is 13.1. The van der Waals surface area contributed by atoms with E-state index in [1.807, 2.05) is 20.8 Å². The Hall–Kier alpha value is -1.07. The zero-order chi connectivity index (χ0) is 14.0. The summed E-state index contributed by atoms with van der Waals surface area (Å²) in [4.78, 5) is 3.62. The van der Waals surface area contributed by atoms with E-state index in [0.29, 0.717) is 12.1 Å². The maximum absolute atomic E-state index is 13.1. The predicted octanol–water partition coefficient (Wildman–Crippen LogP) is 2.61. The van der Waals surface area contributed by atoms with Gasteiger partial charge in [-0.2, -0.15) is 8.78 Å². The quantitative estimate of drug-likeness (QED) is 0.872. The molecule has 0 amide bonds. The lowest BCUT2D eigenvalue weighted by molar-refractivity contribution is 0.0124. The molecule has 0 aliphatic carbocycles. The Morgan fingerprint density at radius 2 is 1.94 bits per heavy atom. The van der Waals surface area contributed by atoms with Crippen LogP contribution in [0.2, 0.25) is 0 Å². The van der Waals surface area contributed by atoms with Crippen molar-refractivity contribution in [2.24, 2.45) is 0 Å². The monoisotopic (exact) mass is 258 g/mol. The first-order valence-corrected chi connectivity index (χ1v) is 5.87. The smallest absolute Gasteiger partial charge is 0.286 e. The Kier molecular flexibility index (Phi) is 4.40. The maximum Gasteiger partial charge on any atom is 0.286 e. The minimum absolute atomic E-state index is 0.133. The van der Waals surface area contributed by atoms with Crippen LogP contribution in [0.1, 0.15) is 45.1 Å². The Balaban J connectivity index is 2.78.